The Morgan fingerprint density at radius 2 is 0.866 bits per heavy atom. The van der Waals surface area contributed by atoms with Gasteiger partial charge in [-0.3, -0.25) is 44.6 Å². The van der Waals surface area contributed by atoms with Crippen LogP contribution in [0.2, 0.25) is 0 Å². The number of piperazine rings is 2. The molecule has 4 saturated heterocycles. The minimum absolute atomic E-state index is 0. The molecule has 0 saturated carbocycles. The van der Waals surface area contributed by atoms with E-state index >= 15 is 4.79 Å². The lowest BCUT2D eigenvalue weighted by Crippen LogP contribution is -2.69. The summed E-state index contributed by atoms with van der Waals surface area (Å²) in [6, 6.07) is 10.5. The molecule has 14 aliphatic rings. The quantitative estimate of drug-likeness (QED) is 0.0111. The maximum Gasteiger partial charge on any atom is 0.514 e. The Balaban J connectivity index is 0.000000229. The molecule has 0 radical (unpaired) electrons. The lowest BCUT2D eigenvalue weighted by molar-refractivity contribution is -0.158. The first-order valence-corrected chi connectivity index (χ1v) is 53.4. The van der Waals surface area contributed by atoms with Crippen molar-refractivity contribution in [2.24, 2.45) is 0 Å². The van der Waals surface area contributed by atoms with Gasteiger partial charge in [0.25, 0.3) is 0 Å². The average Bonchev–Trinajstić information content (AvgIpc) is 1.62. The fourth-order valence-electron chi connectivity index (χ4n) is 23.9. The minimum Gasteiger partial charge on any atom is -0.507 e. The number of phenols is 2. The second-order valence-electron chi connectivity index (χ2n) is 41.9. The molecular weight excluding hydrogens is 1950 g/mol. The van der Waals surface area contributed by atoms with Crippen molar-refractivity contribution in [1.82, 2.24) is 30.2 Å². The molecule has 14 heterocycles. The molecule has 5 N–H and O–H groups in total. The summed E-state index contributed by atoms with van der Waals surface area (Å²) in [5, 5.41) is 61.2. The largest absolute Gasteiger partial charge is 0.514 e. The zero-order chi connectivity index (χ0) is 105. The van der Waals surface area contributed by atoms with Crippen LogP contribution in [0.3, 0.4) is 0 Å². The number of benzene rings is 6. The number of aromatic hydroxyl groups is 2. The SMILES string of the molecule is C.C.C.CCCCCCCC(=O)O.CCCCCCCC(=O)Oc1c(C)c2c(c3c1[C@H]1SC[C@]4(NCCc5cc(OC(=O)OC(C)(C)C)c(OC)cc54)C(=O)OC[C@@H]3N3C1[C@H]1c4c(cc(C)c(OC)c4OC(=O)CCCCCCC)C[C@@H]([C@@H]3C#N)N1C)OCO2.COc1cc2c(cc1OC(=O)OC(C)(C)C)CCN[C@]21CS[C@@H]2c3c(O)c(C)c4c(c3[C@H](COC1=O)N1C2[C@H]2c3c(cc(C)c(OC)c3O)C[C@@H]([C@@H]1C#N)N2C)OCO4. The third-order valence-electron chi connectivity index (χ3n) is 30.4. The first kappa shape index (κ1) is 115. The van der Waals surface area contributed by atoms with Crippen LogP contribution < -0.4 is 67.5 Å². The highest BCUT2D eigenvalue weighted by molar-refractivity contribution is 7.99. The maximum absolute atomic E-state index is 15.4. The molecule has 36 heteroatoms. The summed E-state index contributed by atoms with van der Waals surface area (Å²) in [4.78, 5) is 103. The van der Waals surface area contributed by atoms with Crippen LogP contribution in [0, 0.1) is 50.4 Å². The van der Waals surface area contributed by atoms with Gasteiger partial charge in [-0.2, -0.15) is 10.5 Å². The molecular formula is C113H152N8O26S2. The number of methoxy groups -OCH3 is 4. The number of carboxylic acid groups (broad SMARTS) is 1. The zero-order valence-corrected chi connectivity index (χ0v) is 89.0. The van der Waals surface area contributed by atoms with Gasteiger partial charge in [-0.25, -0.2) is 19.2 Å². The van der Waals surface area contributed by atoms with E-state index in [1.165, 1.54) is 64.1 Å². The highest BCUT2D eigenvalue weighted by Gasteiger charge is 2.65. The van der Waals surface area contributed by atoms with Crippen LogP contribution in [0.4, 0.5) is 9.59 Å². The second-order valence-corrected chi connectivity index (χ2v) is 44.2. The van der Waals surface area contributed by atoms with Crippen LogP contribution in [0.5, 0.6) is 80.5 Å². The van der Waals surface area contributed by atoms with Gasteiger partial charge in [0.05, 0.1) is 75.2 Å². The van der Waals surface area contributed by atoms with Crippen molar-refractivity contribution in [2.75, 3.05) is 93.9 Å². The van der Waals surface area contributed by atoms with Crippen LogP contribution in [0.1, 0.15) is 324 Å². The highest BCUT2D eigenvalue weighted by Crippen LogP contribution is 2.68. The molecule has 2 unspecified atom stereocenters. The van der Waals surface area contributed by atoms with Crippen LogP contribution in [-0.2, 0) is 79.7 Å². The van der Waals surface area contributed by atoms with Gasteiger partial charge in [0.15, 0.2) is 80.1 Å². The standard InChI is InChI=1S/C59H76N4O13S.C43H48N4O11S.C8H16O2.3CH4/c1-11-13-15-17-19-21-43(64)74-51-34(4)52-53(72-32-71-52)46-40-30-70-56(66)59(37-28-41(68-9)42(27-35(37)23-24-61-59)73-57(67)76-58(5,6)7)31-77-55(47(46)51)49-48-45-36(26-38(62(48)8)39(29-60)63(40)49)25-33(3)50(69-10)54(45)75-44(65)22-20-18-16-14-12-2;1-19-11-22-12-24-25(15-44)47-26-16-54-40(50)43(23-14-27(52-7)28(13-21(23)9-10-45-43)57-41(51)58-42(3,4)5)17-59-39(31-30(26)38-37(55-18-56-38)20(2)34(31)48)33(47)32(46(24)6)29(22)35(49)36(19)53-8;1-2-3-4-5-6-7-8(9)10;;;/h25,27-28,38-40,48-49,55,61H,11-24,26,30-32H2,1-10H3;11,13-14,24-26,32-33,39,45,48-49H,9-10,12,16-18H2,1-8H3;2-7H2,1H3,(H,9,10);3*1H4/t38-,39-,40-,48+,49?,55+,59+;24-,25-,26-,32+,33?,39+,43+;;;;/m00..../s1. The fraction of sp³-hybridized carbons (Fsp3) is 0.602. The molecule has 6 aromatic carbocycles. The molecule has 14 atom stereocenters. The number of aliphatic carboxylic acids is 1. The molecule has 812 valence electrons. The van der Waals surface area contributed by atoms with Crippen LogP contribution in [0.15, 0.2) is 36.4 Å². The summed E-state index contributed by atoms with van der Waals surface area (Å²) in [5.41, 5.74) is 6.79. The molecule has 0 aromatic heterocycles. The Labute approximate surface area is 884 Å². The maximum atomic E-state index is 15.4. The van der Waals surface area contributed by atoms with Crippen molar-refractivity contribution in [3.05, 3.63) is 125 Å². The van der Waals surface area contributed by atoms with E-state index in [4.69, 9.17) is 80.9 Å². The fourth-order valence-corrected chi connectivity index (χ4v) is 27.2. The lowest BCUT2D eigenvalue weighted by Gasteiger charge is -2.62. The molecule has 14 aliphatic heterocycles. The van der Waals surface area contributed by atoms with Crippen LogP contribution in [0.25, 0.3) is 0 Å². The number of rotatable bonds is 26. The van der Waals surface area contributed by atoms with Gasteiger partial charge >= 0.3 is 42.2 Å². The number of nitriles is 2. The van der Waals surface area contributed by atoms with Gasteiger partial charge in [-0.1, -0.05) is 132 Å². The van der Waals surface area contributed by atoms with Crippen LogP contribution in [-0.4, -0.2) is 218 Å². The number of carbonyl (C=O) groups is 7. The number of unbranched alkanes of at least 4 members (excludes halogenated alkanes) is 12. The van der Waals surface area contributed by atoms with Gasteiger partial charge < -0.3 is 91.1 Å². The normalized spacial score (nSPS) is 24.2. The van der Waals surface area contributed by atoms with E-state index in [2.05, 4.69) is 69.2 Å². The number of hydrogen-bond donors (Lipinski definition) is 5. The number of likely N-dealkylation sites (N-methyl/N-ethyl adjacent to an activating group) is 2. The van der Waals surface area contributed by atoms with Crippen molar-refractivity contribution < 1.29 is 125 Å². The van der Waals surface area contributed by atoms with Crippen molar-refractivity contribution in [1.29, 1.82) is 10.5 Å². The Bertz CT molecular complexity index is 6090. The third kappa shape index (κ3) is 22.0. The van der Waals surface area contributed by atoms with Gasteiger partial charge in [-0.05, 0) is 197 Å². The summed E-state index contributed by atoms with van der Waals surface area (Å²) in [7, 11) is 10.1. The predicted octanol–water partition coefficient (Wildman–Crippen LogP) is 20.2. The third-order valence-corrected chi connectivity index (χ3v) is 33.4. The number of carboxylic acids is 1. The van der Waals surface area contributed by atoms with E-state index in [1.54, 1.807) is 79.8 Å². The Hall–Kier alpha value is -11.4. The van der Waals surface area contributed by atoms with Crippen molar-refractivity contribution in [2.45, 2.75) is 347 Å². The Morgan fingerprint density at radius 1 is 0.463 bits per heavy atom. The number of thioether (sulfide) groups is 2. The smallest absolute Gasteiger partial charge is 0.507 e. The number of aryl methyl sites for hydroxylation is 2. The van der Waals surface area contributed by atoms with E-state index < -0.39 is 111 Å². The van der Waals surface area contributed by atoms with E-state index in [9.17, 15) is 49.5 Å². The van der Waals surface area contributed by atoms with Gasteiger partial charge in [0.2, 0.25) is 13.6 Å². The monoisotopic (exact) mass is 2100 g/mol. The number of ether oxygens (including phenoxy) is 16. The average molecular weight is 2100 g/mol. The molecule has 34 nitrogen and oxygen atoms in total. The number of esters is 4. The van der Waals surface area contributed by atoms with E-state index in [-0.39, 0.29) is 132 Å². The zero-order valence-electron chi connectivity index (χ0n) is 87.3. The van der Waals surface area contributed by atoms with Crippen molar-refractivity contribution in [3.8, 4) is 92.6 Å². The molecule has 20 rings (SSSR count). The van der Waals surface area contributed by atoms with E-state index in [1.807, 2.05) is 40.9 Å². The minimum atomic E-state index is -1.49. The summed E-state index contributed by atoms with van der Waals surface area (Å²) in [5.74, 6) is 1.80. The number of carbonyl (C=O) groups excluding carboxylic acids is 6. The number of nitrogens with one attached hydrogen (secondary N) is 2. The number of nitrogens with zero attached hydrogens (tertiary/aromatic N) is 6. The first-order valence-electron chi connectivity index (χ1n) is 51.3. The molecule has 4 fully saturated rings. The number of hydrogen-bond acceptors (Lipinski definition) is 35. The molecule has 0 aliphatic carbocycles. The Morgan fingerprint density at radius 3 is 1.30 bits per heavy atom. The molecule has 8 bridgehead atoms. The molecule has 2 spiro atoms. The number of phenolic OH excluding ortho intramolecular Hbond substituents is 2. The van der Waals surface area contributed by atoms with Gasteiger partial charge in [0, 0.05) is 113 Å². The van der Waals surface area contributed by atoms with E-state index in [0.29, 0.717) is 154 Å². The summed E-state index contributed by atoms with van der Waals surface area (Å²) in [6.45, 7) is 24.6. The summed E-state index contributed by atoms with van der Waals surface area (Å²) < 4.78 is 97.0. The molecule has 0 amide bonds. The number of fused-ring (bicyclic) bond motifs is 18. The summed E-state index contributed by atoms with van der Waals surface area (Å²) in [6.07, 6.45) is 16.0. The first-order chi connectivity index (χ1) is 69.9. The van der Waals surface area contributed by atoms with Crippen LogP contribution >= 0.6 is 23.5 Å². The lowest BCUT2D eigenvalue weighted by atomic mass is 9.71. The van der Waals surface area contributed by atoms with Crippen molar-refractivity contribution >= 4 is 65.7 Å². The molecule has 149 heavy (non-hydrogen) atoms. The highest BCUT2D eigenvalue weighted by atomic mass is 32.2. The summed E-state index contributed by atoms with van der Waals surface area (Å²) >= 11 is 2.94. The topological polar surface area (TPSA) is 412 Å². The van der Waals surface area contributed by atoms with Gasteiger partial charge in [0.1, 0.15) is 48.0 Å². The Kier molecular flexibility index (Phi) is 36.7. The predicted molar refractivity (Wildman–Crippen MR) is 563 cm³/mol. The van der Waals surface area contributed by atoms with Gasteiger partial charge in [-0.15, -0.1) is 23.5 Å². The van der Waals surface area contributed by atoms with E-state index in [0.717, 1.165) is 103 Å². The second kappa shape index (κ2) is 47.7. The molecule has 6 aromatic rings. The van der Waals surface area contributed by atoms with Crippen molar-refractivity contribution in [3.63, 3.8) is 0 Å².